The second-order valence-corrected chi connectivity index (χ2v) is 26.5. The van der Waals surface area contributed by atoms with Crippen LogP contribution in [-0.2, 0) is 150 Å². The summed E-state index contributed by atoms with van der Waals surface area (Å²) in [6.45, 7) is 8.24. The zero-order chi connectivity index (χ0) is 81.9. The predicted octanol–water partition coefficient (Wildman–Crippen LogP) is 26.1. The third kappa shape index (κ3) is 34.8. The molecule has 0 bridgehead atoms. The molecule has 0 atom stereocenters. The Morgan fingerprint density at radius 1 is 0.248 bits per heavy atom. The maximum Gasteiger partial charge on any atom is 0.105 e. The average molecular weight is 2480 g/mol. The van der Waals surface area contributed by atoms with Crippen molar-refractivity contribution in [3.63, 3.8) is 0 Å². The molecule has 0 N–H and O–H groups in total. The molecule has 5 heterocycles. The fraction of sp³-hybridized carbons (Fsp3) is 0.0446. The monoisotopic (exact) mass is 2480 g/mol. The molecule has 0 aliphatic heterocycles. The van der Waals surface area contributed by atoms with Gasteiger partial charge in [-0.15, -0.1) is 161 Å². The van der Waals surface area contributed by atoms with Crippen LogP contribution in [0.3, 0.4) is 0 Å². The van der Waals surface area contributed by atoms with Crippen molar-refractivity contribution < 1.29 is 150 Å². The fourth-order valence-electron chi connectivity index (χ4n) is 11.4. The van der Waals surface area contributed by atoms with Gasteiger partial charge in [-0.3, -0.25) is 9.97 Å². The molecule has 0 spiro atoms. The zero-order valence-corrected chi connectivity index (χ0v) is 83.5. The molecule has 0 saturated carbocycles. The molecule has 0 saturated heterocycles. The maximum atomic E-state index is 4.33. The number of pyridine rings is 3. The quantitative estimate of drug-likeness (QED) is 0.113. The minimum Gasteiger partial charge on any atom is -0.367 e. The van der Waals surface area contributed by atoms with Crippen LogP contribution in [0, 0.1) is 111 Å². The van der Waals surface area contributed by atoms with Crippen molar-refractivity contribution in [1.29, 1.82) is 0 Å². The van der Waals surface area contributed by atoms with Gasteiger partial charge in [-0.2, -0.15) is 279 Å². The molecule has 0 aliphatic rings. The summed E-state index contributed by atoms with van der Waals surface area (Å²) in [5.41, 5.74) is 25.6. The second-order valence-electron chi connectivity index (χ2n) is 26.5. The number of aryl methyl sites for hydroxylation is 2. The Morgan fingerprint density at radius 3 is 0.960 bits per heavy atom. The van der Waals surface area contributed by atoms with E-state index in [2.05, 4.69) is 188 Å². The molecule has 2 radical (unpaired) electrons. The van der Waals surface area contributed by atoms with Gasteiger partial charge in [0.1, 0.15) is 12.7 Å². The van der Waals surface area contributed by atoms with Gasteiger partial charge in [0, 0.05) is 162 Å². The Kier molecular flexibility index (Phi) is 48.6. The summed E-state index contributed by atoms with van der Waals surface area (Å²) in [4.78, 5) is 29.3. The van der Waals surface area contributed by atoms with Crippen LogP contribution in [0.1, 0.15) is 36.7 Å². The standard InChI is InChI=1S/C18H12.C17H11N2.C17H10N.C13H13N2.3C12H8.C11H9N2.4Pt.2Y/c1-3-8-15(9-4-1)17-12-7-13-18(14-17)16-10-5-2-6-11-16;1-13-7-8-16(12-19-13)15-9-10-18-17(11-15)14-5-3-2-4-6-14;1-3-7-14(8-4-1)16-11-12-18-17(13-16)15-9-5-2-6-10-15;1-10(2)12-8-13(15-9-14-12)11-6-4-3-5-7-11;3*1-3-7-11(8-4-1)12-9-5-2-6-10-12;1-9-2-4-10(5-3-9)11-6-7-12-8-13-11;;;;;;/h1-10,12,14H;2-5,7-10H,1H3;1-7,9,11-12H;3-6,8-10H,1-2H3;3*1-7,9H;2-4,6-8H,1H3;;;;;;/q-2;2*-3;-1;3*-2;-1;;;;;;. The number of nitrogens with zero attached hydrogens (tertiary/aromatic N) is 7. The molecule has 19 aromatic rings. The summed E-state index contributed by atoms with van der Waals surface area (Å²) in [6.07, 6.45) is 11.5. The molecule has 624 valence electrons. The third-order valence-corrected chi connectivity index (χ3v) is 17.6. The summed E-state index contributed by atoms with van der Waals surface area (Å²) in [7, 11) is 0. The van der Waals surface area contributed by atoms with Gasteiger partial charge >= 0.3 is 0 Å². The molecule has 7 nitrogen and oxygen atoms in total. The van der Waals surface area contributed by atoms with Crippen molar-refractivity contribution in [1.82, 2.24) is 34.9 Å². The van der Waals surface area contributed by atoms with Crippen molar-refractivity contribution in [3.05, 3.63) is 515 Å². The Bertz CT molecular complexity index is 5510. The third-order valence-electron chi connectivity index (χ3n) is 17.6. The first-order chi connectivity index (χ1) is 58.7. The maximum absolute atomic E-state index is 4.33. The van der Waals surface area contributed by atoms with Crippen LogP contribution in [0.4, 0.5) is 0 Å². The van der Waals surface area contributed by atoms with Crippen LogP contribution < -0.4 is 0 Å². The summed E-state index contributed by atoms with van der Waals surface area (Å²) >= 11 is 0. The first kappa shape index (κ1) is 103. The van der Waals surface area contributed by atoms with Gasteiger partial charge in [0.05, 0.1) is 0 Å². The first-order valence-corrected chi connectivity index (χ1v) is 38.7. The normalized spacial score (nSPS) is 9.61. The number of benzene rings is 14. The van der Waals surface area contributed by atoms with E-state index in [1.165, 1.54) is 16.7 Å². The minimum absolute atomic E-state index is 0. The molecule has 0 fully saturated rings. The van der Waals surface area contributed by atoms with Gasteiger partial charge in [-0.1, -0.05) is 76.4 Å². The van der Waals surface area contributed by atoms with Crippen LogP contribution in [-0.4, -0.2) is 34.9 Å². The van der Waals surface area contributed by atoms with Gasteiger partial charge in [-0.05, 0) is 41.0 Å². The Morgan fingerprint density at radius 2 is 0.600 bits per heavy atom. The van der Waals surface area contributed by atoms with E-state index in [1.807, 2.05) is 341 Å². The Labute approximate surface area is 846 Å². The first-order valence-electron chi connectivity index (χ1n) is 38.7. The molecular formula is C112H79N7Pt4Y2-16. The Hall–Kier alpha value is -10.3. The van der Waals surface area contributed by atoms with E-state index in [9.17, 15) is 0 Å². The zero-order valence-electron chi connectivity index (χ0n) is 68.7. The van der Waals surface area contributed by atoms with E-state index in [0.29, 0.717) is 5.92 Å². The number of aromatic nitrogens is 7. The molecular weight excluding hydrogens is 2400 g/mol. The van der Waals surface area contributed by atoms with Crippen molar-refractivity contribution in [2.75, 3.05) is 0 Å². The van der Waals surface area contributed by atoms with Crippen LogP contribution >= 0.6 is 0 Å². The minimum atomic E-state index is 0. The van der Waals surface area contributed by atoms with Gasteiger partial charge in [0.2, 0.25) is 0 Å². The van der Waals surface area contributed by atoms with Gasteiger partial charge in [-0.25, -0.2) is 100.0 Å². The number of rotatable bonds is 12. The predicted molar refractivity (Wildman–Crippen MR) is 481 cm³/mol. The molecule has 5 aromatic heterocycles. The topological polar surface area (TPSA) is 90.2 Å². The SMILES string of the molecule is CC(C)c1cc(-c2[c-]cccc2)ncn1.Cc1c[c-]c(-c2ccncn2)cc1.Cc1ccc(-c2[c-]c(-c3[c-]cccc3)ncc2)[c-]n1.[Pt].[Pt].[Pt].[Pt].[Y].[Y].[c-]1ccccc1-c1[c-]c(-c2[c-]cccc2)ncc1.[c-]1ccccc1-c1[c-]ccc(-c2ccccc2)c1.[c-]1ccccc1-c1[c-]cccc1.[c-]1ccccc1-c1[c-]cccc1.[c-]1ccccc1-c1[c-]cccc1. The van der Waals surface area contributed by atoms with Crippen LogP contribution in [0.2, 0.25) is 0 Å². The summed E-state index contributed by atoms with van der Waals surface area (Å²) < 4.78 is 0. The van der Waals surface area contributed by atoms with Crippen LogP contribution in [0.15, 0.2) is 401 Å². The van der Waals surface area contributed by atoms with Crippen molar-refractivity contribution >= 4 is 0 Å². The van der Waals surface area contributed by atoms with E-state index < -0.39 is 0 Å². The van der Waals surface area contributed by atoms with E-state index in [1.54, 1.807) is 31.2 Å². The summed E-state index contributed by atoms with van der Waals surface area (Å²) in [5, 5.41) is 0. The Balaban J connectivity index is 0.000000221. The van der Waals surface area contributed by atoms with E-state index in [4.69, 9.17) is 0 Å². The number of hydrogen-bond acceptors (Lipinski definition) is 7. The van der Waals surface area contributed by atoms with Crippen molar-refractivity contribution in [2.24, 2.45) is 0 Å². The van der Waals surface area contributed by atoms with E-state index >= 15 is 0 Å². The van der Waals surface area contributed by atoms with Gasteiger partial charge < -0.3 is 15.0 Å². The summed E-state index contributed by atoms with van der Waals surface area (Å²) in [5.74, 6) is 0.426. The van der Waals surface area contributed by atoms with Crippen LogP contribution in [0.25, 0.3) is 123 Å². The smallest absolute Gasteiger partial charge is 0.105 e. The molecule has 14 aromatic carbocycles. The molecule has 19 rings (SSSR count). The van der Waals surface area contributed by atoms with Crippen molar-refractivity contribution in [2.45, 2.75) is 33.6 Å². The largest absolute Gasteiger partial charge is 0.367 e. The van der Waals surface area contributed by atoms with Gasteiger partial charge in [0.25, 0.3) is 0 Å². The van der Waals surface area contributed by atoms with Crippen LogP contribution in [0.5, 0.6) is 0 Å². The van der Waals surface area contributed by atoms with E-state index in [0.717, 1.165) is 123 Å². The summed E-state index contributed by atoms with van der Waals surface area (Å²) in [6, 6.07) is 169. The molecule has 13 heteroatoms. The molecule has 0 unspecified atom stereocenters. The second kappa shape index (κ2) is 58.8. The average Bonchev–Trinajstić information content (AvgIpc) is 0.835. The van der Waals surface area contributed by atoms with Gasteiger partial charge in [0.15, 0.2) is 0 Å². The van der Waals surface area contributed by atoms with Crippen molar-refractivity contribution in [3.8, 4) is 123 Å². The molecule has 0 aliphatic carbocycles. The molecule has 0 amide bonds. The fourth-order valence-corrected chi connectivity index (χ4v) is 11.4. The van der Waals surface area contributed by atoms with E-state index in [-0.39, 0.29) is 150 Å². The molecule has 125 heavy (non-hydrogen) atoms. The number of hydrogen-bond donors (Lipinski definition) is 0.